The smallest absolute Gasteiger partial charge is 0.248 e. The molecule has 3 heterocycles. The van der Waals surface area contributed by atoms with Crippen LogP contribution in [0.3, 0.4) is 0 Å². The maximum Gasteiger partial charge on any atom is 0.248 e. The molecule has 5 nitrogen and oxygen atoms in total. The zero-order valence-corrected chi connectivity index (χ0v) is 11.9. The van der Waals surface area contributed by atoms with Gasteiger partial charge in [-0.1, -0.05) is 0 Å². The summed E-state index contributed by atoms with van der Waals surface area (Å²) in [5.41, 5.74) is 0. The first-order valence-electron chi connectivity index (χ1n) is 6.46. The summed E-state index contributed by atoms with van der Waals surface area (Å²) in [4.78, 5) is 0.000154. The van der Waals surface area contributed by atoms with Gasteiger partial charge in [0.05, 0.1) is 18.4 Å². The van der Waals surface area contributed by atoms with Crippen molar-refractivity contribution in [3.05, 3.63) is 17.5 Å². The highest BCUT2D eigenvalue weighted by molar-refractivity contribution is 7.89. The lowest BCUT2D eigenvalue weighted by molar-refractivity contribution is 0.103. The Morgan fingerprint density at radius 3 is 2.79 bits per heavy atom. The molecule has 19 heavy (non-hydrogen) atoms. The fourth-order valence-electron chi connectivity index (χ4n) is 3.23. The number of nitrogens with zero attached hydrogens (tertiary/aromatic N) is 1. The number of halogens is 1. The first-order chi connectivity index (χ1) is 9.01. The van der Waals surface area contributed by atoms with E-state index < -0.39 is 16.1 Å². The summed E-state index contributed by atoms with van der Waals surface area (Å²) in [6, 6.07) is 1.01. The molecule has 1 N–H and O–H groups in total. The van der Waals surface area contributed by atoms with Crippen molar-refractivity contribution in [2.75, 3.05) is 0 Å². The number of hydrogen-bond donors (Lipinski definition) is 1. The van der Waals surface area contributed by atoms with Gasteiger partial charge in [0.15, 0.2) is 0 Å². The second kappa shape index (κ2) is 4.77. The first-order valence-corrected chi connectivity index (χ1v) is 8.28. The van der Waals surface area contributed by atoms with Crippen LogP contribution < -0.4 is 0 Å². The minimum atomic E-state index is -3.69. The van der Waals surface area contributed by atoms with E-state index in [1.165, 1.54) is 16.6 Å². The van der Waals surface area contributed by atoms with Gasteiger partial charge < -0.3 is 9.52 Å². The van der Waals surface area contributed by atoms with E-state index >= 15 is 0 Å². The molecule has 0 amide bonds. The SMILES string of the molecule is O=S(=O)(c1ccoc1Cl)N1C2CCCC(O)C1CC2. The molecule has 2 saturated heterocycles. The Morgan fingerprint density at radius 1 is 1.32 bits per heavy atom. The summed E-state index contributed by atoms with van der Waals surface area (Å²) < 4.78 is 31.7. The maximum atomic E-state index is 12.7. The molecule has 3 unspecified atom stereocenters. The van der Waals surface area contributed by atoms with Crippen molar-refractivity contribution in [3.8, 4) is 0 Å². The Balaban J connectivity index is 2.03. The number of aliphatic hydroxyl groups is 1. The average molecular weight is 306 g/mol. The number of furan rings is 1. The predicted octanol–water partition coefficient (Wildman–Crippen LogP) is 2.00. The van der Waals surface area contributed by atoms with Gasteiger partial charge in [0.2, 0.25) is 15.2 Å². The summed E-state index contributed by atoms with van der Waals surface area (Å²) >= 11 is 5.80. The van der Waals surface area contributed by atoms with E-state index in [0.29, 0.717) is 12.8 Å². The van der Waals surface area contributed by atoms with Crippen LogP contribution in [0.4, 0.5) is 0 Å². The molecule has 1 aromatic rings. The topological polar surface area (TPSA) is 70.8 Å². The van der Waals surface area contributed by atoms with Gasteiger partial charge in [-0.25, -0.2) is 8.42 Å². The lowest BCUT2D eigenvalue weighted by atomic mass is 9.99. The summed E-state index contributed by atoms with van der Waals surface area (Å²) in [5, 5.41) is 10.0. The van der Waals surface area contributed by atoms with Crippen molar-refractivity contribution >= 4 is 21.6 Å². The number of fused-ring (bicyclic) bond motifs is 2. The highest BCUT2D eigenvalue weighted by Crippen LogP contribution is 2.40. The quantitative estimate of drug-likeness (QED) is 0.907. The van der Waals surface area contributed by atoms with E-state index in [1.54, 1.807) is 0 Å². The zero-order valence-electron chi connectivity index (χ0n) is 10.3. The molecule has 2 aliphatic rings. The first kappa shape index (κ1) is 13.4. The predicted molar refractivity (Wildman–Crippen MR) is 69.4 cm³/mol. The molecule has 0 saturated carbocycles. The van der Waals surface area contributed by atoms with Crippen LogP contribution in [0.25, 0.3) is 0 Å². The zero-order chi connectivity index (χ0) is 13.6. The van der Waals surface area contributed by atoms with Crippen LogP contribution in [0, 0.1) is 0 Å². The minimum absolute atomic E-state index is 0.000154. The average Bonchev–Trinajstić information content (AvgIpc) is 2.90. The fraction of sp³-hybridized carbons (Fsp3) is 0.667. The third-order valence-corrected chi connectivity index (χ3v) is 6.51. The van der Waals surface area contributed by atoms with Gasteiger partial charge >= 0.3 is 0 Å². The summed E-state index contributed by atoms with van der Waals surface area (Å²) in [7, 11) is -3.69. The van der Waals surface area contributed by atoms with E-state index in [4.69, 9.17) is 16.0 Å². The molecule has 2 aliphatic heterocycles. The monoisotopic (exact) mass is 305 g/mol. The van der Waals surface area contributed by atoms with Crippen LogP contribution >= 0.6 is 11.6 Å². The Hall–Kier alpha value is -0.560. The Kier molecular flexibility index (Phi) is 3.37. The second-order valence-electron chi connectivity index (χ2n) is 5.19. The van der Waals surface area contributed by atoms with Gasteiger partial charge in [-0.05, 0) is 49.8 Å². The van der Waals surface area contributed by atoms with E-state index in [0.717, 1.165) is 19.3 Å². The largest absolute Gasteiger partial charge is 0.451 e. The minimum Gasteiger partial charge on any atom is -0.451 e. The highest BCUT2D eigenvalue weighted by Gasteiger charge is 2.47. The maximum absolute atomic E-state index is 12.7. The number of sulfonamides is 1. The number of aliphatic hydroxyl groups excluding tert-OH is 1. The van der Waals surface area contributed by atoms with Crippen LogP contribution in [0.1, 0.15) is 32.1 Å². The second-order valence-corrected chi connectivity index (χ2v) is 7.35. The molecular weight excluding hydrogens is 290 g/mol. The van der Waals surface area contributed by atoms with Gasteiger partial charge in [0.1, 0.15) is 4.90 Å². The van der Waals surface area contributed by atoms with Crippen molar-refractivity contribution in [2.24, 2.45) is 0 Å². The molecule has 2 bridgehead atoms. The number of rotatable bonds is 2. The van der Waals surface area contributed by atoms with E-state index in [1.807, 2.05) is 0 Å². The Labute approximate surface area is 117 Å². The van der Waals surface area contributed by atoms with Crippen LogP contribution in [-0.2, 0) is 10.0 Å². The van der Waals surface area contributed by atoms with Crippen molar-refractivity contribution in [1.82, 2.24) is 4.31 Å². The van der Waals surface area contributed by atoms with Crippen LogP contribution in [0.15, 0.2) is 21.6 Å². The normalized spacial score (nSPS) is 32.4. The number of hydrogen-bond acceptors (Lipinski definition) is 4. The van der Waals surface area contributed by atoms with Crippen molar-refractivity contribution < 1.29 is 17.9 Å². The van der Waals surface area contributed by atoms with Crippen molar-refractivity contribution in [3.63, 3.8) is 0 Å². The summed E-state index contributed by atoms with van der Waals surface area (Å²) in [6.07, 6.45) is 4.50. The van der Waals surface area contributed by atoms with Crippen molar-refractivity contribution in [1.29, 1.82) is 0 Å². The van der Waals surface area contributed by atoms with Gasteiger partial charge in [0.25, 0.3) is 0 Å². The molecule has 1 aromatic heterocycles. The van der Waals surface area contributed by atoms with Gasteiger partial charge in [-0.2, -0.15) is 4.31 Å². The third-order valence-electron chi connectivity index (χ3n) is 4.10. The molecule has 0 aromatic carbocycles. The Morgan fingerprint density at radius 2 is 2.11 bits per heavy atom. The molecule has 106 valence electrons. The summed E-state index contributed by atoms with van der Waals surface area (Å²) in [5.74, 6) is 0. The third kappa shape index (κ3) is 2.11. The lowest BCUT2D eigenvalue weighted by Gasteiger charge is -2.28. The molecule has 2 fully saturated rings. The molecule has 0 aliphatic carbocycles. The fourth-order valence-corrected chi connectivity index (χ4v) is 5.55. The van der Waals surface area contributed by atoms with Crippen molar-refractivity contribution in [2.45, 2.75) is 55.2 Å². The lowest BCUT2D eigenvalue weighted by Crippen LogP contribution is -2.44. The summed E-state index contributed by atoms with van der Waals surface area (Å²) in [6.45, 7) is 0. The molecule has 7 heteroatoms. The molecule has 0 radical (unpaired) electrons. The molecule has 3 rings (SSSR count). The highest BCUT2D eigenvalue weighted by atomic mass is 35.5. The van der Waals surface area contributed by atoms with E-state index in [9.17, 15) is 13.5 Å². The molecular formula is C12H16ClNO4S. The van der Waals surface area contributed by atoms with Gasteiger partial charge in [-0.15, -0.1) is 0 Å². The molecule has 3 atom stereocenters. The Bertz CT molecular complexity index is 570. The van der Waals surface area contributed by atoms with Crippen LogP contribution in [0.2, 0.25) is 5.22 Å². The van der Waals surface area contributed by atoms with Crippen LogP contribution in [-0.4, -0.2) is 36.0 Å². The standard InChI is InChI=1S/C12H16ClNO4S/c13-12-11(6-7-18-12)19(16,17)14-8-2-1-3-10(15)9(14)5-4-8/h6-10,15H,1-5H2. The van der Waals surface area contributed by atoms with Gasteiger partial charge in [-0.3, -0.25) is 0 Å². The van der Waals surface area contributed by atoms with Crippen LogP contribution in [0.5, 0.6) is 0 Å². The van der Waals surface area contributed by atoms with E-state index in [2.05, 4.69) is 0 Å². The van der Waals surface area contributed by atoms with E-state index in [-0.39, 0.29) is 22.2 Å². The van der Waals surface area contributed by atoms with Gasteiger partial charge in [0, 0.05) is 6.04 Å². The molecule has 0 spiro atoms.